The summed E-state index contributed by atoms with van der Waals surface area (Å²) in [5, 5.41) is 31.8. The van der Waals surface area contributed by atoms with E-state index in [1.165, 1.54) is 6.20 Å². The minimum atomic E-state index is -0.458. The first kappa shape index (κ1) is 16.1. The van der Waals surface area contributed by atoms with Gasteiger partial charge in [-0.25, -0.2) is 0 Å². The van der Waals surface area contributed by atoms with Crippen molar-refractivity contribution in [2.45, 2.75) is 12.8 Å². The number of aromatic hydroxyl groups is 1. The molecule has 0 aliphatic carbocycles. The van der Waals surface area contributed by atoms with Crippen molar-refractivity contribution in [3.8, 4) is 17.9 Å². The quantitative estimate of drug-likeness (QED) is 0.392. The molecule has 0 heterocycles. The molecule has 0 spiro atoms. The van der Waals surface area contributed by atoms with Gasteiger partial charge in [0.1, 0.15) is 17.4 Å². The molecule has 6 nitrogen and oxygen atoms in total. The zero-order chi connectivity index (χ0) is 15.5. The minimum absolute atomic E-state index is 0.0290. The van der Waals surface area contributed by atoms with Crippen LogP contribution in [-0.2, 0) is 11.2 Å². The second-order valence-electron chi connectivity index (χ2n) is 4.20. The molecule has 0 unspecified atom stereocenters. The molecule has 0 radical (unpaired) electrons. The second kappa shape index (κ2) is 9.00. The summed E-state index contributed by atoms with van der Waals surface area (Å²) in [7, 11) is 0. The maximum atomic E-state index is 11.7. The third kappa shape index (κ3) is 6.13. The van der Waals surface area contributed by atoms with E-state index in [-0.39, 0.29) is 11.3 Å². The van der Waals surface area contributed by atoms with Gasteiger partial charge in [0.15, 0.2) is 0 Å². The molecule has 1 aromatic carbocycles. The van der Waals surface area contributed by atoms with E-state index in [4.69, 9.17) is 15.6 Å². The Balaban J connectivity index is 2.39. The highest BCUT2D eigenvalue weighted by Gasteiger charge is 2.07. The fourth-order valence-electron chi connectivity index (χ4n) is 1.53. The predicted octanol–water partition coefficient (Wildman–Crippen LogP) is 0.962. The number of amides is 1. The van der Waals surface area contributed by atoms with E-state index in [9.17, 15) is 4.79 Å². The van der Waals surface area contributed by atoms with Crippen LogP contribution in [0.25, 0.3) is 0 Å². The lowest BCUT2D eigenvalue weighted by Crippen LogP contribution is -2.27. The molecule has 3 N–H and O–H groups in total. The topological polar surface area (TPSA) is 109 Å². The van der Waals surface area contributed by atoms with Crippen LogP contribution in [0.5, 0.6) is 5.75 Å². The van der Waals surface area contributed by atoms with Gasteiger partial charge in [0.2, 0.25) is 0 Å². The molecular weight excluding hydrogens is 268 g/mol. The lowest BCUT2D eigenvalue weighted by atomic mass is 10.1. The monoisotopic (exact) mass is 284 g/mol. The number of hydrogen-bond acceptors (Lipinski definition) is 5. The van der Waals surface area contributed by atoms with Crippen LogP contribution < -0.4 is 10.6 Å². The fourth-order valence-corrected chi connectivity index (χ4v) is 1.53. The number of benzene rings is 1. The summed E-state index contributed by atoms with van der Waals surface area (Å²) in [5.74, 6) is -0.262. The van der Waals surface area contributed by atoms with Gasteiger partial charge in [-0.3, -0.25) is 4.79 Å². The Bertz CT molecular complexity index is 579. The van der Waals surface area contributed by atoms with Crippen LogP contribution in [0, 0.1) is 22.7 Å². The van der Waals surface area contributed by atoms with Gasteiger partial charge >= 0.3 is 0 Å². The number of nitriles is 2. The summed E-state index contributed by atoms with van der Waals surface area (Å²) >= 11 is 0. The Kier molecular flexibility index (Phi) is 6.89. The van der Waals surface area contributed by atoms with Crippen molar-refractivity contribution in [3.05, 3.63) is 41.6 Å². The maximum absolute atomic E-state index is 11.7. The van der Waals surface area contributed by atoms with Gasteiger partial charge < -0.3 is 15.7 Å². The zero-order valence-electron chi connectivity index (χ0n) is 11.5. The normalized spacial score (nSPS) is 10.3. The minimum Gasteiger partial charge on any atom is -0.508 e. The highest BCUT2D eigenvalue weighted by atomic mass is 16.3. The van der Waals surface area contributed by atoms with Crippen LogP contribution in [0.3, 0.4) is 0 Å². The Hall–Kier alpha value is -2.99. The highest BCUT2D eigenvalue weighted by Crippen LogP contribution is 2.09. The van der Waals surface area contributed by atoms with Gasteiger partial charge in [-0.1, -0.05) is 12.1 Å². The van der Waals surface area contributed by atoms with Crippen molar-refractivity contribution in [2.75, 3.05) is 13.1 Å². The number of phenols is 1. The zero-order valence-corrected chi connectivity index (χ0v) is 11.5. The largest absolute Gasteiger partial charge is 0.508 e. The van der Waals surface area contributed by atoms with E-state index in [2.05, 4.69) is 10.6 Å². The molecule has 1 rings (SSSR count). The lowest BCUT2D eigenvalue weighted by molar-refractivity contribution is -0.117. The van der Waals surface area contributed by atoms with E-state index in [0.717, 1.165) is 5.56 Å². The Morgan fingerprint density at radius 3 is 2.57 bits per heavy atom. The second-order valence-corrected chi connectivity index (χ2v) is 4.20. The molecule has 1 aromatic rings. The average molecular weight is 284 g/mol. The molecular formula is C15H16N4O2. The van der Waals surface area contributed by atoms with Gasteiger partial charge in [-0.05, 0) is 24.1 Å². The van der Waals surface area contributed by atoms with E-state index >= 15 is 0 Å². The smallest absolute Gasteiger partial charge is 0.263 e. The molecule has 0 atom stereocenters. The van der Waals surface area contributed by atoms with Crippen LogP contribution in [0.4, 0.5) is 0 Å². The first-order valence-corrected chi connectivity index (χ1v) is 6.44. The molecule has 0 bridgehead atoms. The van der Waals surface area contributed by atoms with Gasteiger partial charge in [0.25, 0.3) is 5.91 Å². The Morgan fingerprint density at radius 2 is 1.95 bits per heavy atom. The van der Waals surface area contributed by atoms with Gasteiger partial charge in [0.05, 0.1) is 12.5 Å². The number of carbonyl (C=O) groups is 1. The van der Waals surface area contributed by atoms with E-state index in [0.29, 0.717) is 25.9 Å². The number of nitrogens with one attached hydrogen (secondary N) is 2. The number of hydrogen-bond donors (Lipinski definition) is 3. The Morgan fingerprint density at radius 1 is 1.24 bits per heavy atom. The molecule has 6 heteroatoms. The highest BCUT2D eigenvalue weighted by molar-refractivity contribution is 5.97. The van der Waals surface area contributed by atoms with E-state index in [1.54, 1.807) is 30.3 Å². The maximum Gasteiger partial charge on any atom is 0.263 e. The molecule has 0 aliphatic rings. The molecule has 0 saturated heterocycles. The van der Waals surface area contributed by atoms with Crippen molar-refractivity contribution >= 4 is 5.91 Å². The van der Waals surface area contributed by atoms with Crippen LogP contribution in [0.1, 0.15) is 12.0 Å². The number of phenolic OH excluding ortho intramolecular Hbond substituents is 1. The molecule has 0 aromatic heterocycles. The molecule has 0 aliphatic heterocycles. The summed E-state index contributed by atoms with van der Waals surface area (Å²) in [6.07, 6.45) is 2.22. The van der Waals surface area contributed by atoms with Crippen LogP contribution in [0.2, 0.25) is 0 Å². The van der Waals surface area contributed by atoms with Gasteiger partial charge in [-0.2, -0.15) is 10.5 Å². The SMILES string of the molecule is N#CCCN/C=C(/C#N)C(=O)NCCc1ccc(O)cc1. The van der Waals surface area contributed by atoms with Crippen molar-refractivity contribution in [1.82, 2.24) is 10.6 Å². The van der Waals surface area contributed by atoms with Crippen LogP contribution in [0.15, 0.2) is 36.0 Å². The third-order valence-electron chi connectivity index (χ3n) is 2.63. The van der Waals surface area contributed by atoms with Crippen molar-refractivity contribution in [1.29, 1.82) is 10.5 Å². The average Bonchev–Trinajstić information content (AvgIpc) is 2.49. The third-order valence-corrected chi connectivity index (χ3v) is 2.63. The van der Waals surface area contributed by atoms with E-state index in [1.807, 2.05) is 6.07 Å². The first-order valence-electron chi connectivity index (χ1n) is 6.44. The summed E-state index contributed by atoms with van der Waals surface area (Å²) in [6.45, 7) is 0.781. The van der Waals surface area contributed by atoms with Gasteiger partial charge in [0, 0.05) is 19.3 Å². The molecule has 21 heavy (non-hydrogen) atoms. The van der Waals surface area contributed by atoms with E-state index < -0.39 is 5.91 Å². The molecule has 1 amide bonds. The van der Waals surface area contributed by atoms with Crippen molar-refractivity contribution in [3.63, 3.8) is 0 Å². The fraction of sp³-hybridized carbons (Fsp3) is 0.267. The summed E-state index contributed by atoms with van der Waals surface area (Å²) in [4.78, 5) is 11.7. The molecule has 0 saturated carbocycles. The number of nitrogens with zero attached hydrogens (tertiary/aromatic N) is 2. The van der Waals surface area contributed by atoms with Crippen LogP contribution in [-0.4, -0.2) is 24.1 Å². The number of rotatable bonds is 7. The summed E-state index contributed by atoms with van der Waals surface area (Å²) < 4.78 is 0. The predicted molar refractivity (Wildman–Crippen MR) is 76.7 cm³/mol. The lowest BCUT2D eigenvalue weighted by Gasteiger charge is -2.05. The standard InChI is InChI=1S/C15H16N4O2/c16-7-1-8-18-11-13(10-17)15(21)19-9-6-12-2-4-14(20)5-3-12/h2-5,11,18,20H,1,6,8-9H2,(H,19,21)/b13-11-. The van der Waals surface area contributed by atoms with Crippen LogP contribution >= 0.6 is 0 Å². The van der Waals surface area contributed by atoms with Gasteiger partial charge in [-0.15, -0.1) is 0 Å². The molecule has 108 valence electrons. The van der Waals surface area contributed by atoms with Crippen molar-refractivity contribution in [2.24, 2.45) is 0 Å². The summed E-state index contributed by atoms with van der Waals surface area (Å²) in [6, 6.07) is 10.5. The van der Waals surface area contributed by atoms with Crippen molar-refractivity contribution < 1.29 is 9.90 Å². The Labute approximate surface area is 123 Å². The summed E-state index contributed by atoms with van der Waals surface area (Å²) in [5.41, 5.74) is 0.946. The molecule has 0 fully saturated rings. The first-order chi connectivity index (χ1) is 10.2. The number of carbonyl (C=O) groups excluding carboxylic acids is 1.